The highest BCUT2D eigenvalue weighted by Crippen LogP contribution is 2.14. The third-order valence-corrected chi connectivity index (χ3v) is 3.19. The van der Waals surface area contributed by atoms with Crippen LogP contribution in [0.3, 0.4) is 0 Å². The number of hydrogen-bond acceptors (Lipinski definition) is 5. The number of carbonyl (C=O) groups excluding carboxylic acids is 1. The van der Waals surface area contributed by atoms with Crippen molar-refractivity contribution in [2.75, 3.05) is 13.4 Å². The summed E-state index contributed by atoms with van der Waals surface area (Å²) in [5.41, 5.74) is 1.39. The summed E-state index contributed by atoms with van der Waals surface area (Å²) < 4.78 is 5.06. The zero-order valence-corrected chi connectivity index (χ0v) is 11.6. The van der Waals surface area contributed by atoms with Crippen molar-refractivity contribution in [2.24, 2.45) is 0 Å². The molecule has 0 spiro atoms. The predicted octanol–water partition coefficient (Wildman–Crippen LogP) is 2.63. The minimum absolute atomic E-state index is 0.0356. The summed E-state index contributed by atoms with van der Waals surface area (Å²) >= 11 is 1.46. The fourth-order valence-electron chi connectivity index (χ4n) is 1.62. The van der Waals surface area contributed by atoms with Gasteiger partial charge in [-0.2, -0.15) is 0 Å². The lowest BCUT2D eigenvalue weighted by Gasteiger charge is -2.03. The van der Waals surface area contributed by atoms with Crippen LogP contribution in [0.4, 0.5) is 0 Å². The molecule has 1 aromatic heterocycles. The van der Waals surface area contributed by atoms with Crippen LogP contribution in [0.5, 0.6) is 5.75 Å². The molecule has 0 N–H and O–H groups in total. The highest BCUT2D eigenvalue weighted by Gasteiger charge is 2.09. The zero-order valence-electron chi connectivity index (χ0n) is 10.8. The third-order valence-electron chi connectivity index (χ3n) is 2.63. The minimum atomic E-state index is 0.0356. The van der Waals surface area contributed by atoms with E-state index in [4.69, 9.17) is 4.74 Å². The predicted molar refractivity (Wildman–Crippen MR) is 74.8 cm³/mol. The molecule has 0 amide bonds. The number of thioether (sulfide) groups is 1. The van der Waals surface area contributed by atoms with Gasteiger partial charge in [-0.1, -0.05) is 11.8 Å². The number of aromatic nitrogens is 2. The second kappa shape index (κ2) is 6.33. The second-order valence-corrected chi connectivity index (χ2v) is 4.64. The van der Waals surface area contributed by atoms with Gasteiger partial charge in [0.1, 0.15) is 5.75 Å². The zero-order chi connectivity index (χ0) is 13.7. The molecule has 2 aromatic rings. The van der Waals surface area contributed by atoms with Gasteiger partial charge < -0.3 is 4.74 Å². The Balaban J connectivity index is 2.11. The van der Waals surface area contributed by atoms with Crippen LogP contribution in [0.15, 0.2) is 41.7 Å². The standard InChI is InChI=1S/C14H14N2O2S/c1-18-12-5-3-10(4-6-12)13(17)9-11-7-8-15-14(16-11)19-2/h3-8H,9H2,1-2H3. The molecule has 0 bridgehead atoms. The fraction of sp³-hybridized carbons (Fsp3) is 0.214. The van der Waals surface area contributed by atoms with Crippen LogP contribution in [0, 0.1) is 0 Å². The Morgan fingerprint density at radius 3 is 2.63 bits per heavy atom. The largest absolute Gasteiger partial charge is 0.497 e. The Kier molecular flexibility index (Phi) is 4.52. The molecule has 0 aliphatic heterocycles. The van der Waals surface area contributed by atoms with E-state index < -0.39 is 0 Å². The quantitative estimate of drug-likeness (QED) is 0.476. The molecular formula is C14H14N2O2S. The molecule has 0 unspecified atom stereocenters. The smallest absolute Gasteiger partial charge is 0.187 e. The Hall–Kier alpha value is -1.88. The maximum Gasteiger partial charge on any atom is 0.187 e. The molecule has 19 heavy (non-hydrogen) atoms. The van der Waals surface area contributed by atoms with Gasteiger partial charge in [-0.15, -0.1) is 0 Å². The van der Waals surface area contributed by atoms with Crippen molar-refractivity contribution in [1.29, 1.82) is 0 Å². The van der Waals surface area contributed by atoms with Crippen molar-refractivity contribution < 1.29 is 9.53 Å². The third kappa shape index (κ3) is 3.54. The van der Waals surface area contributed by atoms with Crippen molar-refractivity contribution in [3.8, 4) is 5.75 Å². The number of methoxy groups -OCH3 is 1. The number of rotatable bonds is 5. The van der Waals surface area contributed by atoms with Crippen LogP contribution >= 0.6 is 11.8 Å². The molecular weight excluding hydrogens is 260 g/mol. The van der Waals surface area contributed by atoms with Crippen LogP contribution in [-0.2, 0) is 6.42 Å². The van der Waals surface area contributed by atoms with E-state index in [2.05, 4.69) is 9.97 Å². The molecule has 0 saturated heterocycles. The first-order chi connectivity index (χ1) is 9.22. The van der Waals surface area contributed by atoms with E-state index in [0.29, 0.717) is 10.7 Å². The number of Topliss-reactive ketones (excluding diaryl/α,β-unsaturated/α-hetero) is 1. The maximum absolute atomic E-state index is 12.1. The summed E-state index contributed by atoms with van der Waals surface area (Å²) in [6.07, 6.45) is 3.86. The highest BCUT2D eigenvalue weighted by atomic mass is 32.2. The van der Waals surface area contributed by atoms with Crippen molar-refractivity contribution in [3.05, 3.63) is 47.8 Å². The summed E-state index contributed by atoms with van der Waals surface area (Å²) in [6.45, 7) is 0. The van der Waals surface area contributed by atoms with Crippen molar-refractivity contribution in [2.45, 2.75) is 11.6 Å². The van der Waals surface area contributed by atoms with Gasteiger partial charge in [-0.05, 0) is 36.6 Å². The minimum Gasteiger partial charge on any atom is -0.497 e. The average molecular weight is 274 g/mol. The summed E-state index contributed by atoms with van der Waals surface area (Å²) in [5.74, 6) is 0.775. The molecule has 0 aliphatic rings. The Bertz CT molecular complexity index is 570. The molecule has 2 rings (SSSR count). The monoisotopic (exact) mass is 274 g/mol. The van der Waals surface area contributed by atoms with Gasteiger partial charge in [-0.3, -0.25) is 4.79 Å². The molecule has 0 radical (unpaired) electrons. The molecule has 1 heterocycles. The molecule has 0 aliphatic carbocycles. The van der Waals surface area contributed by atoms with Gasteiger partial charge in [0, 0.05) is 11.8 Å². The number of carbonyl (C=O) groups is 1. The lowest BCUT2D eigenvalue weighted by atomic mass is 10.1. The van der Waals surface area contributed by atoms with E-state index in [1.54, 1.807) is 43.6 Å². The van der Waals surface area contributed by atoms with E-state index in [-0.39, 0.29) is 12.2 Å². The van der Waals surface area contributed by atoms with Crippen LogP contribution in [-0.4, -0.2) is 29.1 Å². The first-order valence-electron chi connectivity index (χ1n) is 5.76. The van der Waals surface area contributed by atoms with Crippen molar-refractivity contribution >= 4 is 17.5 Å². The van der Waals surface area contributed by atoms with Gasteiger partial charge in [0.25, 0.3) is 0 Å². The van der Waals surface area contributed by atoms with E-state index in [1.807, 2.05) is 6.26 Å². The van der Waals surface area contributed by atoms with Gasteiger partial charge in [0.15, 0.2) is 10.9 Å². The van der Waals surface area contributed by atoms with Gasteiger partial charge in [-0.25, -0.2) is 9.97 Å². The van der Waals surface area contributed by atoms with Crippen LogP contribution < -0.4 is 4.74 Å². The first-order valence-corrected chi connectivity index (χ1v) is 6.98. The summed E-state index contributed by atoms with van der Waals surface area (Å²) in [7, 11) is 1.60. The number of nitrogens with zero attached hydrogens (tertiary/aromatic N) is 2. The summed E-state index contributed by atoms with van der Waals surface area (Å²) in [6, 6.07) is 8.85. The number of hydrogen-bond donors (Lipinski definition) is 0. The lowest BCUT2D eigenvalue weighted by Crippen LogP contribution is -2.05. The molecule has 0 fully saturated rings. The van der Waals surface area contributed by atoms with E-state index in [1.165, 1.54) is 11.8 Å². The number of ketones is 1. The first kappa shape index (κ1) is 13.5. The maximum atomic E-state index is 12.1. The van der Waals surface area contributed by atoms with Crippen LogP contribution in [0.25, 0.3) is 0 Å². The van der Waals surface area contributed by atoms with E-state index in [0.717, 1.165) is 11.4 Å². The van der Waals surface area contributed by atoms with E-state index in [9.17, 15) is 4.79 Å². The highest BCUT2D eigenvalue weighted by molar-refractivity contribution is 7.98. The van der Waals surface area contributed by atoms with Gasteiger partial charge >= 0.3 is 0 Å². The number of ether oxygens (including phenoxy) is 1. The average Bonchev–Trinajstić information content (AvgIpc) is 2.47. The summed E-state index contributed by atoms with van der Waals surface area (Å²) in [5, 5.41) is 0.681. The van der Waals surface area contributed by atoms with Crippen molar-refractivity contribution in [1.82, 2.24) is 9.97 Å². The van der Waals surface area contributed by atoms with Gasteiger partial charge in [0.05, 0.1) is 19.2 Å². The Morgan fingerprint density at radius 1 is 1.26 bits per heavy atom. The normalized spacial score (nSPS) is 10.2. The van der Waals surface area contributed by atoms with Gasteiger partial charge in [0.2, 0.25) is 0 Å². The second-order valence-electron chi connectivity index (χ2n) is 3.86. The molecule has 4 nitrogen and oxygen atoms in total. The Labute approximate surface area is 116 Å². The van der Waals surface area contributed by atoms with Crippen LogP contribution in [0.1, 0.15) is 16.1 Å². The SMILES string of the molecule is COc1ccc(C(=O)Cc2ccnc(SC)n2)cc1. The van der Waals surface area contributed by atoms with Crippen molar-refractivity contribution in [3.63, 3.8) is 0 Å². The molecule has 0 saturated carbocycles. The topological polar surface area (TPSA) is 52.1 Å². The molecule has 1 aromatic carbocycles. The molecule has 0 atom stereocenters. The molecule has 5 heteroatoms. The fourth-order valence-corrected chi connectivity index (χ4v) is 1.99. The summed E-state index contributed by atoms with van der Waals surface area (Å²) in [4.78, 5) is 20.5. The molecule has 98 valence electrons. The lowest BCUT2D eigenvalue weighted by molar-refractivity contribution is 0.0991. The Morgan fingerprint density at radius 2 is 2.00 bits per heavy atom. The van der Waals surface area contributed by atoms with Crippen LogP contribution in [0.2, 0.25) is 0 Å². The number of benzene rings is 1. The van der Waals surface area contributed by atoms with E-state index >= 15 is 0 Å².